The molecule has 0 unspecified atom stereocenters. The largest absolute Gasteiger partial charge is 0.306 e. The van der Waals surface area contributed by atoms with Crippen molar-refractivity contribution >= 4 is 11.8 Å². The first kappa shape index (κ1) is 11.9. The maximum absolute atomic E-state index is 4.61. The number of pyridine rings is 1. The minimum absolute atomic E-state index is 0.680. The van der Waals surface area contributed by atoms with Gasteiger partial charge in [-0.2, -0.15) is 11.8 Å². The van der Waals surface area contributed by atoms with Crippen molar-refractivity contribution in [1.82, 2.24) is 9.88 Å². The molecule has 1 aromatic rings. The minimum Gasteiger partial charge on any atom is -0.306 e. The number of aromatic nitrogens is 1. The van der Waals surface area contributed by atoms with Gasteiger partial charge in [-0.15, -0.1) is 0 Å². The molecular formula is C13H20N2S. The van der Waals surface area contributed by atoms with Gasteiger partial charge in [-0.3, -0.25) is 4.98 Å². The van der Waals surface area contributed by atoms with E-state index in [2.05, 4.69) is 35.3 Å². The zero-order valence-corrected chi connectivity index (χ0v) is 11.0. The van der Waals surface area contributed by atoms with Gasteiger partial charge >= 0.3 is 0 Å². The molecule has 16 heavy (non-hydrogen) atoms. The summed E-state index contributed by atoms with van der Waals surface area (Å²) < 4.78 is 0. The van der Waals surface area contributed by atoms with Gasteiger partial charge in [0.1, 0.15) is 0 Å². The first-order valence-electron chi connectivity index (χ1n) is 5.92. The van der Waals surface area contributed by atoms with E-state index < -0.39 is 0 Å². The molecule has 2 heterocycles. The fraction of sp³-hybridized carbons (Fsp3) is 0.615. The highest BCUT2D eigenvalue weighted by molar-refractivity contribution is 7.97. The zero-order chi connectivity index (χ0) is 11.4. The molecule has 0 atom stereocenters. The third-order valence-corrected chi connectivity index (χ3v) is 3.92. The highest BCUT2D eigenvalue weighted by Crippen LogP contribution is 2.26. The molecule has 1 aromatic heterocycles. The Bertz CT molecular complexity index is 315. The summed E-state index contributed by atoms with van der Waals surface area (Å²) in [6.45, 7) is 2.41. The van der Waals surface area contributed by atoms with Gasteiger partial charge in [0.2, 0.25) is 0 Å². The van der Waals surface area contributed by atoms with Gasteiger partial charge in [-0.1, -0.05) is 6.07 Å². The van der Waals surface area contributed by atoms with Crippen molar-refractivity contribution in [2.45, 2.75) is 24.5 Å². The Kier molecular flexibility index (Phi) is 4.24. The lowest BCUT2D eigenvalue weighted by molar-refractivity contribution is 0.253. The molecule has 88 valence electrons. The van der Waals surface area contributed by atoms with Crippen LogP contribution in [0.4, 0.5) is 0 Å². The lowest BCUT2D eigenvalue weighted by atomic mass is 9.93. The summed E-state index contributed by atoms with van der Waals surface area (Å²) in [5, 5.41) is 0. The van der Waals surface area contributed by atoms with E-state index in [1.807, 2.05) is 18.0 Å². The quantitative estimate of drug-likeness (QED) is 0.803. The number of hydrogen-bond acceptors (Lipinski definition) is 3. The molecule has 0 saturated carbocycles. The van der Waals surface area contributed by atoms with E-state index in [1.165, 1.54) is 37.2 Å². The highest BCUT2D eigenvalue weighted by atomic mass is 32.2. The van der Waals surface area contributed by atoms with Gasteiger partial charge in [-0.05, 0) is 50.9 Å². The van der Waals surface area contributed by atoms with E-state index in [-0.39, 0.29) is 0 Å². The lowest BCUT2D eigenvalue weighted by Gasteiger charge is -2.28. The van der Waals surface area contributed by atoms with E-state index in [0.29, 0.717) is 5.92 Å². The van der Waals surface area contributed by atoms with Crippen LogP contribution in [0.15, 0.2) is 18.3 Å². The Balaban J connectivity index is 1.98. The molecule has 0 aromatic carbocycles. The minimum atomic E-state index is 0.680. The molecule has 3 heteroatoms. The van der Waals surface area contributed by atoms with Crippen molar-refractivity contribution < 1.29 is 0 Å². The molecule has 2 rings (SSSR count). The summed E-state index contributed by atoms with van der Waals surface area (Å²) in [7, 11) is 2.20. The number of likely N-dealkylation sites (tertiary alicyclic amines) is 1. The Morgan fingerprint density at radius 3 is 2.69 bits per heavy atom. The van der Waals surface area contributed by atoms with Gasteiger partial charge in [0.25, 0.3) is 0 Å². The van der Waals surface area contributed by atoms with E-state index in [4.69, 9.17) is 0 Å². The van der Waals surface area contributed by atoms with E-state index in [9.17, 15) is 0 Å². The highest BCUT2D eigenvalue weighted by Gasteiger charge is 2.18. The number of hydrogen-bond donors (Lipinski definition) is 0. The van der Waals surface area contributed by atoms with E-state index >= 15 is 0 Å². The fourth-order valence-electron chi connectivity index (χ4n) is 2.23. The molecule has 0 spiro atoms. The topological polar surface area (TPSA) is 16.1 Å². The summed E-state index contributed by atoms with van der Waals surface area (Å²) >= 11 is 1.85. The standard InChI is InChI=1S/C13H20N2S/c1-15-7-5-12(6-8-15)13-4-3-11(9-14-13)10-16-2/h3-4,9,12H,5-8,10H2,1-2H3. The molecule has 0 N–H and O–H groups in total. The molecule has 2 nitrogen and oxygen atoms in total. The number of rotatable bonds is 3. The summed E-state index contributed by atoms with van der Waals surface area (Å²) in [5.41, 5.74) is 2.63. The summed E-state index contributed by atoms with van der Waals surface area (Å²) in [6, 6.07) is 4.46. The van der Waals surface area contributed by atoms with Crippen LogP contribution in [0.5, 0.6) is 0 Å². The van der Waals surface area contributed by atoms with Crippen molar-refractivity contribution in [1.29, 1.82) is 0 Å². The molecule has 1 aliphatic heterocycles. The Morgan fingerprint density at radius 1 is 1.38 bits per heavy atom. The van der Waals surface area contributed by atoms with Crippen molar-refractivity contribution in [3.8, 4) is 0 Å². The molecule has 1 aliphatic rings. The number of nitrogens with zero attached hydrogens (tertiary/aromatic N) is 2. The normalized spacial score (nSPS) is 18.9. The maximum Gasteiger partial charge on any atom is 0.0435 e. The first-order valence-corrected chi connectivity index (χ1v) is 7.31. The Hall–Kier alpha value is -0.540. The molecule has 0 radical (unpaired) electrons. The molecule has 0 bridgehead atoms. The van der Waals surface area contributed by atoms with E-state index in [1.54, 1.807) is 0 Å². The molecule has 0 aliphatic carbocycles. The van der Waals surface area contributed by atoms with E-state index in [0.717, 1.165) is 5.75 Å². The Morgan fingerprint density at radius 2 is 2.12 bits per heavy atom. The van der Waals surface area contributed by atoms with Crippen LogP contribution in [-0.2, 0) is 5.75 Å². The Labute approximate surface area is 102 Å². The van der Waals surface area contributed by atoms with Crippen LogP contribution in [-0.4, -0.2) is 36.3 Å². The first-order chi connectivity index (χ1) is 7.79. The predicted molar refractivity (Wildman–Crippen MR) is 70.9 cm³/mol. The predicted octanol–water partition coefficient (Wildman–Crippen LogP) is 2.75. The van der Waals surface area contributed by atoms with Gasteiger partial charge in [0.05, 0.1) is 0 Å². The summed E-state index contributed by atoms with van der Waals surface area (Å²) in [5.74, 6) is 1.75. The second-order valence-corrected chi connectivity index (χ2v) is 5.47. The third-order valence-electron chi connectivity index (χ3n) is 3.30. The third kappa shape index (κ3) is 2.98. The van der Waals surface area contributed by atoms with Crippen LogP contribution >= 0.6 is 11.8 Å². The fourth-order valence-corrected chi connectivity index (χ4v) is 2.74. The van der Waals surface area contributed by atoms with Crippen molar-refractivity contribution in [3.63, 3.8) is 0 Å². The van der Waals surface area contributed by atoms with Gasteiger partial charge in [0.15, 0.2) is 0 Å². The second kappa shape index (κ2) is 5.69. The monoisotopic (exact) mass is 236 g/mol. The maximum atomic E-state index is 4.61. The van der Waals surface area contributed by atoms with Crippen molar-refractivity contribution in [2.75, 3.05) is 26.4 Å². The van der Waals surface area contributed by atoms with Crippen LogP contribution in [0.3, 0.4) is 0 Å². The van der Waals surface area contributed by atoms with Gasteiger partial charge in [-0.25, -0.2) is 0 Å². The van der Waals surface area contributed by atoms with Crippen LogP contribution in [0.25, 0.3) is 0 Å². The molecule has 1 saturated heterocycles. The van der Waals surface area contributed by atoms with Crippen LogP contribution in [0, 0.1) is 0 Å². The average Bonchev–Trinajstić information content (AvgIpc) is 2.32. The zero-order valence-electron chi connectivity index (χ0n) is 10.1. The second-order valence-electron chi connectivity index (χ2n) is 4.60. The molecule has 0 amide bonds. The number of piperidine rings is 1. The molecular weight excluding hydrogens is 216 g/mol. The van der Waals surface area contributed by atoms with Crippen molar-refractivity contribution in [2.24, 2.45) is 0 Å². The SMILES string of the molecule is CSCc1ccc(C2CCN(C)CC2)nc1. The smallest absolute Gasteiger partial charge is 0.0435 e. The molecule has 1 fully saturated rings. The van der Waals surface area contributed by atoms with Crippen LogP contribution < -0.4 is 0 Å². The van der Waals surface area contributed by atoms with Crippen LogP contribution in [0.2, 0.25) is 0 Å². The average molecular weight is 236 g/mol. The van der Waals surface area contributed by atoms with Gasteiger partial charge in [0, 0.05) is 23.6 Å². The summed E-state index contributed by atoms with van der Waals surface area (Å²) in [4.78, 5) is 7.02. The van der Waals surface area contributed by atoms with Crippen molar-refractivity contribution in [3.05, 3.63) is 29.6 Å². The van der Waals surface area contributed by atoms with Crippen LogP contribution in [0.1, 0.15) is 30.0 Å². The lowest BCUT2D eigenvalue weighted by Crippen LogP contribution is -2.29. The van der Waals surface area contributed by atoms with Gasteiger partial charge < -0.3 is 4.90 Å². The summed E-state index contributed by atoms with van der Waals surface area (Å²) in [6.07, 6.45) is 6.69. The number of thioether (sulfide) groups is 1.